The van der Waals surface area contributed by atoms with E-state index in [0.717, 1.165) is 23.3 Å². The van der Waals surface area contributed by atoms with Crippen molar-refractivity contribution in [2.75, 3.05) is 13.7 Å². The predicted molar refractivity (Wildman–Crippen MR) is 113 cm³/mol. The number of hydrogen-bond donors (Lipinski definition) is 0. The van der Waals surface area contributed by atoms with E-state index in [2.05, 4.69) is 26.8 Å². The number of methoxy groups -OCH3 is 1. The number of pyridine rings is 1. The summed E-state index contributed by atoms with van der Waals surface area (Å²) in [6.07, 6.45) is 2.23. The van der Waals surface area contributed by atoms with E-state index < -0.39 is 5.97 Å². The number of ether oxygens (including phenoxy) is 3. The minimum absolute atomic E-state index is 0.0261. The summed E-state index contributed by atoms with van der Waals surface area (Å²) in [6, 6.07) is 21.5. The molecule has 2 aromatic carbocycles. The van der Waals surface area contributed by atoms with Gasteiger partial charge in [0.15, 0.2) is 0 Å². The van der Waals surface area contributed by atoms with Crippen LogP contribution in [0.3, 0.4) is 0 Å². The SMILES string of the molecule is COC(=O)c1ccc(C2=N[C@@H](Cc3ccc(OCc4ccccc4)cc3)CO2)nc1. The van der Waals surface area contributed by atoms with Crippen LogP contribution in [0.25, 0.3) is 0 Å². The maximum Gasteiger partial charge on any atom is 0.339 e. The highest BCUT2D eigenvalue weighted by Gasteiger charge is 2.21. The molecular formula is C24H22N2O4. The van der Waals surface area contributed by atoms with Gasteiger partial charge in [0.05, 0.1) is 18.7 Å². The summed E-state index contributed by atoms with van der Waals surface area (Å²) in [5, 5.41) is 0. The molecule has 3 aromatic rings. The maximum atomic E-state index is 11.5. The van der Waals surface area contributed by atoms with E-state index in [-0.39, 0.29) is 6.04 Å². The highest BCUT2D eigenvalue weighted by atomic mass is 16.5. The summed E-state index contributed by atoms with van der Waals surface area (Å²) >= 11 is 0. The van der Waals surface area contributed by atoms with Crippen LogP contribution in [0.2, 0.25) is 0 Å². The first-order chi connectivity index (χ1) is 14.7. The molecule has 6 heteroatoms. The van der Waals surface area contributed by atoms with Crippen molar-refractivity contribution < 1.29 is 19.0 Å². The Morgan fingerprint density at radius 3 is 2.53 bits per heavy atom. The second-order valence-corrected chi connectivity index (χ2v) is 6.95. The Kier molecular flexibility index (Phi) is 6.03. The van der Waals surface area contributed by atoms with E-state index in [0.29, 0.717) is 30.4 Å². The molecule has 1 atom stereocenters. The molecule has 2 heterocycles. The number of aromatic nitrogens is 1. The van der Waals surface area contributed by atoms with Gasteiger partial charge in [0.25, 0.3) is 0 Å². The van der Waals surface area contributed by atoms with Crippen LogP contribution in [-0.2, 0) is 22.5 Å². The number of aliphatic imine (C=N–C) groups is 1. The number of benzene rings is 2. The third-order valence-corrected chi connectivity index (χ3v) is 4.76. The molecule has 4 rings (SSSR count). The molecule has 0 bridgehead atoms. The van der Waals surface area contributed by atoms with Crippen LogP contribution in [-0.4, -0.2) is 36.6 Å². The van der Waals surface area contributed by atoms with Gasteiger partial charge in [0, 0.05) is 6.20 Å². The Morgan fingerprint density at radius 2 is 1.83 bits per heavy atom. The lowest BCUT2D eigenvalue weighted by Gasteiger charge is -2.08. The van der Waals surface area contributed by atoms with Crippen LogP contribution in [0.1, 0.15) is 27.2 Å². The summed E-state index contributed by atoms with van der Waals surface area (Å²) in [6.45, 7) is 1.05. The van der Waals surface area contributed by atoms with Gasteiger partial charge in [0.1, 0.15) is 24.7 Å². The maximum absolute atomic E-state index is 11.5. The van der Waals surface area contributed by atoms with Crippen LogP contribution in [0.4, 0.5) is 0 Å². The van der Waals surface area contributed by atoms with Gasteiger partial charge in [-0.15, -0.1) is 0 Å². The molecule has 0 saturated carbocycles. The molecule has 0 spiro atoms. The fraction of sp³-hybridized carbons (Fsp3) is 0.208. The van der Waals surface area contributed by atoms with Crippen molar-refractivity contribution in [2.45, 2.75) is 19.1 Å². The molecule has 6 nitrogen and oxygen atoms in total. The fourth-order valence-corrected chi connectivity index (χ4v) is 3.15. The van der Waals surface area contributed by atoms with Gasteiger partial charge in [-0.1, -0.05) is 42.5 Å². The first-order valence-electron chi connectivity index (χ1n) is 9.72. The minimum atomic E-state index is -0.419. The molecule has 0 N–H and O–H groups in total. The van der Waals surface area contributed by atoms with Crippen LogP contribution in [0.5, 0.6) is 5.75 Å². The number of hydrogen-bond acceptors (Lipinski definition) is 6. The summed E-state index contributed by atoms with van der Waals surface area (Å²) in [7, 11) is 1.34. The van der Waals surface area contributed by atoms with Gasteiger partial charge < -0.3 is 14.2 Å². The summed E-state index contributed by atoms with van der Waals surface area (Å²) in [4.78, 5) is 20.4. The van der Waals surface area contributed by atoms with Gasteiger partial charge >= 0.3 is 5.97 Å². The summed E-state index contributed by atoms with van der Waals surface area (Å²) in [5.74, 6) is 0.918. The minimum Gasteiger partial charge on any atom is -0.489 e. The monoisotopic (exact) mass is 402 g/mol. The number of esters is 1. The first kappa shape index (κ1) is 19.6. The number of carbonyl (C=O) groups excluding carboxylic acids is 1. The van der Waals surface area contributed by atoms with Crippen molar-refractivity contribution >= 4 is 11.9 Å². The topological polar surface area (TPSA) is 70.0 Å². The van der Waals surface area contributed by atoms with Crippen LogP contribution >= 0.6 is 0 Å². The molecule has 0 fully saturated rings. The molecule has 30 heavy (non-hydrogen) atoms. The molecule has 0 unspecified atom stereocenters. The second kappa shape index (κ2) is 9.22. The van der Waals surface area contributed by atoms with E-state index in [9.17, 15) is 4.79 Å². The quantitative estimate of drug-likeness (QED) is 0.562. The number of rotatable bonds is 7. The Balaban J connectivity index is 1.33. The lowest BCUT2D eigenvalue weighted by Crippen LogP contribution is -2.10. The standard InChI is InChI=1S/C24H22N2O4/c1-28-24(27)19-9-12-22(25-14-19)23-26-20(16-30-23)13-17-7-10-21(11-8-17)29-15-18-5-3-2-4-6-18/h2-12,14,20H,13,15-16H2,1H3/t20-/m0/s1. The zero-order valence-electron chi connectivity index (χ0n) is 16.7. The normalized spacial score (nSPS) is 15.2. The summed E-state index contributed by atoms with van der Waals surface area (Å²) < 4.78 is 16.2. The largest absolute Gasteiger partial charge is 0.489 e. The van der Waals surface area contributed by atoms with Crippen molar-refractivity contribution in [1.82, 2.24) is 4.98 Å². The van der Waals surface area contributed by atoms with Gasteiger partial charge in [-0.25, -0.2) is 9.79 Å². The number of carbonyl (C=O) groups is 1. The Labute approximate surface area is 175 Å². The van der Waals surface area contributed by atoms with Crippen molar-refractivity contribution in [3.63, 3.8) is 0 Å². The van der Waals surface area contributed by atoms with Crippen molar-refractivity contribution in [1.29, 1.82) is 0 Å². The Morgan fingerprint density at radius 1 is 1.03 bits per heavy atom. The van der Waals surface area contributed by atoms with E-state index in [1.54, 1.807) is 12.1 Å². The average molecular weight is 402 g/mol. The van der Waals surface area contributed by atoms with E-state index in [1.165, 1.54) is 13.3 Å². The third-order valence-electron chi connectivity index (χ3n) is 4.76. The average Bonchev–Trinajstić information content (AvgIpc) is 3.27. The molecule has 1 aliphatic heterocycles. The Hall–Kier alpha value is -3.67. The highest BCUT2D eigenvalue weighted by Crippen LogP contribution is 2.19. The van der Waals surface area contributed by atoms with Crippen LogP contribution < -0.4 is 4.74 Å². The smallest absolute Gasteiger partial charge is 0.339 e. The van der Waals surface area contributed by atoms with Gasteiger partial charge in [0.2, 0.25) is 5.90 Å². The van der Waals surface area contributed by atoms with E-state index in [1.807, 2.05) is 42.5 Å². The predicted octanol–water partition coefficient (Wildman–Crippen LogP) is 3.84. The summed E-state index contributed by atoms with van der Waals surface area (Å²) in [5.41, 5.74) is 3.30. The fourth-order valence-electron chi connectivity index (χ4n) is 3.15. The van der Waals surface area contributed by atoms with Crippen LogP contribution in [0.15, 0.2) is 77.9 Å². The van der Waals surface area contributed by atoms with E-state index in [4.69, 9.17) is 9.47 Å². The zero-order chi connectivity index (χ0) is 20.8. The third kappa shape index (κ3) is 4.84. The lowest BCUT2D eigenvalue weighted by atomic mass is 10.1. The van der Waals surface area contributed by atoms with Crippen molar-refractivity contribution in [3.05, 3.63) is 95.3 Å². The molecule has 0 saturated heterocycles. The molecular weight excluding hydrogens is 380 g/mol. The van der Waals surface area contributed by atoms with Gasteiger partial charge in [-0.3, -0.25) is 4.98 Å². The molecule has 1 aliphatic rings. The number of nitrogens with zero attached hydrogens (tertiary/aromatic N) is 2. The molecule has 0 radical (unpaired) electrons. The lowest BCUT2D eigenvalue weighted by molar-refractivity contribution is 0.0600. The molecule has 0 amide bonds. The van der Waals surface area contributed by atoms with Crippen molar-refractivity contribution in [2.24, 2.45) is 4.99 Å². The molecule has 1 aromatic heterocycles. The van der Waals surface area contributed by atoms with E-state index >= 15 is 0 Å². The van der Waals surface area contributed by atoms with Crippen LogP contribution in [0, 0.1) is 0 Å². The zero-order valence-corrected chi connectivity index (χ0v) is 16.7. The first-order valence-corrected chi connectivity index (χ1v) is 9.72. The molecule has 152 valence electrons. The highest BCUT2D eigenvalue weighted by molar-refractivity contribution is 5.94. The second-order valence-electron chi connectivity index (χ2n) is 6.95. The Bertz CT molecular complexity index is 1020. The molecule has 0 aliphatic carbocycles. The van der Waals surface area contributed by atoms with Gasteiger partial charge in [-0.05, 0) is 41.8 Å². The van der Waals surface area contributed by atoms with Crippen molar-refractivity contribution in [3.8, 4) is 5.75 Å². The van der Waals surface area contributed by atoms with Gasteiger partial charge in [-0.2, -0.15) is 0 Å².